The maximum absolute atomic E-state index is 11.9. The van der Waals surface area contributed by atoms with Gasteiger partial charge in [0.25, 0.3) is 0 Å². The number of amides is 1. The van der Waals surface area contributed by atoms with E-state index in [1.165, 1.54) is 0 Å². The van der Waals surface area contributed by atoms with Crippen LogP contribution in [0.25, 0.3) is 0 Å². The summed E-state index contributed by atoms with van der Waals surface area (Å²) in [6, 6.07) is 11.3. The molecular weight excluding hydrogens is 306 g/mol. The molecule has 4 nitrogen and oxygen atoms in total. The van der Waals surface area contributed by atoms with Crippen LogP contribution in [-0.2, 0) is 11.2 Å². The van der Waals surface area contributed by atoms with Crippen LogP contribution in [0.2, 0.25) is 0 Å². The Morgan fingerprint density at radius 1 is 1.32 bits per heavy atom. The monoisotopic (exact) mass is 319 g/mol. The standard InChI is InChI=1S/C14H14BrN3O/c1-16-13-6-5-12(9-17-13)18-14(19)8-10-3-2-4-11(15)7-10/h2-7,9H,8H2,1H3,(H,16,17)(H,18,19). The fourth-order valence-electron chi connectivity index (χ4n) is 1.65. The Bertz CT molecular complexity index is 569. The van der Waals surface area contributed by atoms with Gasteiger partial charge in [-0.15, -0.1) is 0 Å². The van der Waals surface area contributed by atoms with Gasteiger partial charge in [-0.05, 0) is 29.8 Å². The lowest BCUT2D eigenvalue weighted by molar-refractivity contribution is -0.115. The lowest BCUT2D eigenvalue weighted by atomic mass is 10.1. The molecule has 1 aromatic carbocycles. The van der Waals surface area contributed by atoms with Gasteiger partial charge in [-0.25, -0.2) is 4.98 Å². The topological polar surface area (TPSA) is 54.0 Å². The zero-order chi connectivity index (χ0) is 13.7. The van der Waals surface area contributed by atoms with E-state index < -0.39 is 0 Å². The number of hydrogen-bond acceptors (Lipinski definition) is 3. The third-order valence-corrected chi connectivity index (χ3v) is 3.05. The van der Waals surface area contributed by atoms with Crippen LogP contribution in [0.5, 0.6) is 0 Å². The minimum absolute atomic E-state index is 0.0582. The second-order valence-electron chi connectivity index (χ2n) is 4.04. The molecule has 19 heavy (non-hydrogen) atoms. The summed E-state index contributed by atoms with van der Waals surface area (Å²) in [5, 5.41) is 5.74. The third-order valence-electron chi connectivity index (χ3n) is 2.56. The van der Waals surface area contributed by atoms with Crippen molar-refractivity contribution < 1.29 is 4.79 Å². The van der Waals surface area contributed by atoms with Crippen molar-refractivity contribution >= 4 is 33.3 Å². The van der Waals surface area contributed by atoms with Crippen molar-refractivity contribution in [3.63, 3.8) is 0 Å². The van der Waals surface area contributed by atoms with E-state index in [1.807, 2.05) is 36.4 Å². The molecule has 5 heteroatoms. The number of nitrogens with one attached hydrogen (secondary N) is 2. The number of anilines is 2. The zero-order valence-electron chi connectivity index (χ0n) is 10.5. The molecular formula is C14H14BrN3O. The molecule has 0 spiro atoms. The minimum Gasteiger partial charge on any atom is -0.373 e. The van der Waals surface area contributed by atoms with Crippen LogP contribution < -0.4 is 10.6 Å². The molecule has 2 rings (SSSR count). The Labute approximate surface area is 120 Å². The van der Waals surface area contributed by atoms with Crippen LogP contribution in [0.1, 0.15) is 5.56 Å². The van der Waals surface area contributed by atoms with Gasteiger partial charge in [0.1, 0.15) is 5.82 Å². The summed E-state index contributed by atoms with van der Waals surface area (Å²) in [5.41, 5.74) is 1.66. The molecule has 0 atom stereocenters. The van der Waals surface area contributed by atoms with Gasteiger partial charge >= 0.3 is 0 Å². The number of halogens is 1. The molecule has 1 aromatic heterocycles. The molecule has 0 radical (unpaired) electrons. The van der Waals surface area contributed by atoms with Crippen molar-refractivity contribution in [1.29, 1.82) is 0 Å². The number of rotatable bonds is 4. The summed E-state index contributed by atoms with van der Waals surface area (Å²) in [6.07, 6.45) is 1.97. The lowest BCUT2D eigenvalue weighted by Crippen LogP contribution is -2.14. The van der Waals surface area contributed by atoms with Gasteiger partial charge in [-0.3, -0.25) is 4.79 Å². The molecule has 1 amide bonds. The van der Waals surface area contributed by atoms with Crippen molar-refractivity contribution in [1.82, 2.24) is 4.98 Å². The number of benzene rings is 1. The number of nitrogens with zero attached hydrogens (tertiary/aromatic N) is 1. The van der Waals surface area contributed by atoms with Crippen molar-refractivity contribution in [2.75, 3.05) is 17.7 Å². The van der Waals surface area contributed by atoms with Gasteiger partial charge in [-0.2, -0.15) is 0 Å². The Kier molecular flexibility index (Phi) is 4.52. The first-order chi connectivity index (χ1) is 9.17. The summed E-state index contributed by atoms with van der Waals surface area (Å²) in [7, 11) is 1.80. The normalized spacial score (nSPS) is 10.0. The van der Waals surface area contributed by atoms with Crippen LogP contribution in [-0.4, -0.2) is 17.9 Å². The van der Waals surface area contributed by atoms with Gasteiger partial charge < -0.3 is 10.6 Å². The second-order valence-corrected chi connectivity index (χ2v) is 4.95. The van der Waals surface area contributed by atoms with Crippen LogP contribution in [0.4, 0.5) is 11.5 Å². The van der Waals surface area contributed by atoms with E-state index in [1.54, 1.807) is 13.2 Å². The fourth-order valence-corrected chi connectivity index (χ4v) is 2.10. The highest BCUT2D eigenvalue weighted by Crippen LogP contribution is 2.13. The van der Waals surface area contributed by atoms with E-state index in [9.17, 15) is 4.79 Å². The van der Waals surface area contributed by atoms with Crippen LogP contribution >= 0.6 is 15.9 Å². The first kappa shape index (κ1) is 13.5. The van der Waals surface area contributed by atoms with Crippen molar-refractivity contribution in [2.24, 2.45) is 0 Å². The van der Waals surface area contributed by atoms with Gasteiger partial charge in [0.2, 0.25) is 5.91 Å². The molecule has 0 aliphatic heterocycles. The van der Waals surface area contributed by atoms with E-state index in [-0.39, 0.29) is 5.91 Å². The number of hydrogen-bond donors (Lipinski definition) is 2. The fraction of sp³-hybridized carbons (Fsp3) is 0.143. The van der Waals surface area contributed by atoms with Gasteiger partial charge in [0.05, 0.1) is 18.3 Å². The Morgan fingerprint density at radius 2 is 2.16 bits per heavy atom. The molecule has 0 aliphatic rings. The average molecular weight is 320 g/mol. The SMILES string of the molecule is CNc1ccc(NC(=O)Cc2cccc(Br)c2)cn1. The lowest BCUT2D eigenvalue weighted by Gasteiger charge is -2.06. The summed E-state index contributed by atoms with van der Waals surface area (Å²) >= 11 is 3.39. The second kappa shape index (κ2) is 6.33. The molecule has 2 N–H and O–H groups in total. The molecule has 0 fully saturated rings. The van der Waals surface area contributed by atoms with E-state index in [4.69, 9.17) is 0 Å². The summed E-state index contributed by atoms with van der Waals surface area (Å²) < 4.78 is 0.970. The predicted octanol–water partition coefficient (Wildman–Crippen LogP) is 3.07. The molecule has 1 heterocycles. The highest BCUT2D eigenvalue weighted by Gasteiger charge is 2.04. The molecule has 0 bridgehead atoms. The predicted molar refractivity (Wildman–Crippen MR) is 80.3 cm³/mol. The van der Waals surface area contributed by atoms with E-state index in [0.29, 0.717) is 12.1 Å². The number of pyridine rings is 1. The van der Waals surface area contributed by atoms with Crippen LogP contribution in [0, 0.1) is 0 Å². The number of aromatic nitrogens is 1. The van der Waals surface area contributed by atoms with E-state index in [0.717, 1.165) is 15.9 Å². The summed E-state index contributed by atoms with van der Waals surface area (Å²) in [6.45, 7) is 0. The highest BCUT2D eigenvalue weighted by molar-refractivity contribution is 9.10. The summed E-state index contributed by atoms with van der Waals surface area (Å²) in [4.78, 5) is 16.0. The van der Waals surface area contributed by atoms with Crippen LogP contribution in [0.3, 0.4) is 0 Å². The van der Waals surface area contributed by atoms with Crippen LogP contribution in [0.15, 0.2) is 47.1 Å². The Morgan fingerprint density at radius 3 is 2.79 bits per heavy atom. The molecule has 0 aliphatic carbocycles. The van der Waals surface area contributed by atoms with E-state index in [2.05, 4.69) is 31.5 Å². The Hall–Kier alpha value is -1.88. The first-order valence-corrected chi connectivity index (χ1v) is 6.65. The molecule has 0 saturated heterocycles. The van der Waals surface area contributed by atoms with E-state index >= 15 is 0 Å². The quantitative estimate of drug-likeness (QED) is 0.910. The van der Waals surface area contributed by atoms with Crippen molar-refractivity contribution in [3.8, 4) is 0 Å². The van der Waals surface area contributed by atoms with Gasteiger partial charge in [0.15, 0.2) is 0 Å². The number of carbonyl (C=O) groups excluding carboxylic acids is 1. The van der Waals surface area contributed by atoms with Crippen molar-refractivity contribution in [2.45, 2.75) is 6.42 Å². The third kappa shape index (κ3) is 4.06. The molecule has 0 saturated carbocycles. The average Bonchev–Trinajstić information content (AvgIpc) is 2.39. The highest BCUT2D eigenvalue weighted by atomic mass is 79.9. The van der Waals surface area contributed by atoms with Gasteiger partial charge in [-0.1, -0.05) is 28.1 Å². The van der Waals surface area contributed by atoms with Crippen molar-refractivity contribution in [3.05, 3.63) is 52.6 Å². The first-order valence-electron chi connectivity index (χ1n) is 5.85. The molecule has 2 aromatic rings. The zero-order valence-corrected chi connectivity index (χ0v) is 12.1. The maximum Gasteiger partial charge on any atom is 0.228 e. The van der Waals surface area contributed by atoms with Gasteiger partial charge in [0, 0.05) is 11.5 Å². The summed E-state index contributed by atoms with van der Waals surface area (Å²) in [5.74, 6) is 0.710. The minimum atomic E-state index is -0.0582. The molecule has 98 valence electrons. The Balaban J connectivity index is 1.97. The smallest absolute Gasteiger partial charge is 0.228 e. The maximum atomic E-state index is 11.9. The largest absolute Gasteiger partial charge is 0.373 e. The number of carbonyl (C=O) groups is 1. The molecule has 0 unspecified atom stereocenters.